The van der Waals surface area contributed by atoms with Crippen LogP contribution in [-0.2, 0) is 6.54 Å². The minimum atomic E-state index is -0.349. The van der Waals surface area contributed by atoms with Gasteiger partial charge in [-0.05, 0) is 55.7 Å². The molecule has 1 aliphatic rings. The minimum Gasteiger partial charge on any atom is -0.507 e. The summed E-state index contributed by atoms with van der Waals surface area (Å²) < 4.78 is 6.71. The number of aryl methyl sites for hydroxylation is 1. The SMILES string of the molecule is COc1ccccc1C(=O)Nc1ccc(-c2cc(C3CCCC3)n(C(=O)NCc3ccc(C)cc3)n2)c(O)c1. The quantitative estimate of drug-likeness (QED) is 0.265. The molecule has 0 spiro atoms. The van der Waals surface area contributed by atoms with E-state index >= 15 is 0 Å². The van der Waals surface area contributed by atoms with E-state index in [0.717, 1.165) is 42.5 Å². The zero-order valence-corrected chi connectivity index (χ0v) is 22.1. The predicted molar refractivity (Wildman–Crippen MR) is 150 cm³/mol. The van der Waals surface area contributed by atoms with E-state index < -0.39 is 0 Å². The Morgan fingerprint density at radius 2 is 1.77 bits per heavy atom. The van der Waals surface area contributed by atoms with Gasteiger partial charge in [-0.2, -0.15) is 9.78 Å². The fourth-order valence-corrected chi connectivity index (χ4v) is 5.02. The number of rotatable bonds is 7. The van der Waals surface area contributed by atoms with Crippen LogP contribution in [-0.4, -0.2) is 33.9 Å². The average Bonchev–Trinajstić information content (AvgIpc) is 3.63. The maximum absolute atomic E-state index is 13.2. The smallest absolute Gasteiger partial charge is 0.342 e. The Morgan fingerprint density at radius 1 is 1.03 bits per heavy atom. The summed E-state index contributed by atoms with van der Waals surface area (Å²) in [5, 5.41) is 21.3. The van der Waals surface area contributed by atoms with Crippen LogP contribution in [0.1, 0.15) is 58.8 Å². The van der Waals surface area contributed by atoms with Gasteiger partial charge in [0.1, 0.15) is 11.5 Å². The van der Waals surface area contributed by atoms with Crippen LogP contribution in [0.15, 0.2) is 72.8 Å². The Balaban J connectivity index is 1.37. The van der Waals surface area contributed by atoms with Crippen LogP contribution in [0.3, 0.4) is 0 Å². The Kier molecular flexibility index (Phi) is 7.63. The number of benzene rings is 3. The van der Waals surface area contributed by atoms with Crippen molar-refractivity contribution in [3.05, 3.63) is 95.2 Å². The van der Waals surface area contributed by atoms with Crippen molar-refractivity contribution in [2.75, 3.05) is 12.4 Å². The number of amides is 2. The molecule has 8 nitrogen and oxygen atoms in total. The van der Waals surface area contributed by atoms with Crippen LogP contribution in [0.25, 0.3) is 11.3 Å². The largest absolute Gasteiger partial charge is 0.507 e. The van der Waals surface area contributed by atoms with Crippen molar-refractivity contribution >= 4 is 17.6 Å². The van der Waals surface area contributed by atoms with E-state index in [2.05, 4.69) is 15.7 Å². The summed E-state index contributed by atoms with van der Waals surface area (Å²) >= 11 is 0. The molecule has 0 aliphatic heterocycles. The fourth-order valence-electron chi connectivity index (χ4n) is 5.02. The van der Waals surface area contributed by atoms with Gasteiger partial charge >= 0.3 is 6.03 Å². The van der Waals surface area contributed by atoms with Crippen LogP contribution < -0.4 is 15.4 Å². The molecule has 2 amide bonds. The lowest BCUT2D eigenvalue weighted by atomic mass is 10.0. The van der Waals surface area contributed by atoms with Crippen LogP contribution in [0, 0.1) is 6.92 Å². The number of ether oxygens (including phenoxy) is 1. The number of nitrogens with zero attached hydrogens (tertiary/aromatic N) is 2. The first-order valence-corrected chi connectivity index (χ1v) is 13.1. The Morgan fingerprint density at radius 3 is 2.49 bits per heavy atom. The first-order valence-electron chi connectivity index (χ1n) is 13.1. The van der Waals surface area contributed by atoms with Gasteiger partial charge in [-0.15, -0.1) is 0 Å². The number of phenols is 1. The lowest BCUT2D eigenvalue weighted by Crippen LogP contribution is -2.30. The van der Waals surface area contributed by atoms with Crippen molar-refractivity contribution in [3.63, 3.8) is 0 Å². The number of phenolic OH excluding ortho intramolecular Hbond substituents is 1. The molecule has 5 rings (SSSR count). The molecule has 0 unspecified atom stereocenters. The van der Waals surface area contributed by atoms with Gasteiger partial charge in [0.15, 0.2) is 0 Å². The Hall–Kier alpha value is -4.59. The van der Waals surface area contributed by atoms with E-state index in [9.17, 15) is 14.7 Å². The van der Waals surface area contributed by atoms with Crippen molar-refractivity contribution in [1.82, 2.24) is 15.1 Å². The zero-order chi connectivity index (χ0) is 27.4. The number of aromatic nitrogens is 2. The summed E-state index contributed by atoms with van der Waals surface area (Å²) in [5.41, 5.74) is 4.82. The van der Waals surface area contributed by atoms with Gasteiger partial charge in [0, 0.05) is 29.8 Å². The zero-order valence-electron chi connectivity index (χ0n) is 22.1. The molecule has 0 atom stereocenters. The van der Waals surface area contributed by atoms with Gasteiger partial charge in [0.25, 0.3) is 5.91 Å². The molecule has 1 heterocycles. The normalized spacial score (nSPS) is 13.3. The van der Waals surface area contributed by atoms with Crippen molar-refractivity contribution in [1.29, 1.82) is 0 Å². The van der Waals surface area contributed by atoms with Gasteiger partial charge in [0.2, 0.25) is 0 Å². The number of nitrogens with one attached hydrogen (secondary N) is 2. The van der Waals surface area contributed by atoms with Crippen LogP contribution >= 0.6 is 0 Å². The second-order valence-electron chi connectivity index (χ2n) is 9.88. The standard InChI is InChI=1S/C31H32N4O4/c1-20-11-13-21(14-12-20)19-32-31(38)35-27(22-7-3-4-8-22)18-26(34-35)24-16-15-23(17-28(24)36)33-30(37)25-9-5-6-10-29(25)39-2/h5-6,9-18,22,36H,3-4,7-8,19H2,1-2H3,(H,32,38)(H,33,37). The highest BCUT2D eigenvalue weighted by atomic mass is 16.5. The third kappa shape index (κ3) is 5.80. The highest BCUT2D eigenvalue weighted by Crippen LogP contribution is 2.38. The third-order valence-corrected chi connectivity index (χ3v) is 7.15. The molecule has 0 radical (unpaired) electrons. The molecule has 4 aromatic rings. The first-order chi connectivity index (χ1) is 18.9. The maximum atomic E-state index is 13.2. The van der Waals surface area contributed by atoms with E-state index in [4.69, 9.17) is 4.74 Å². The van der Waals surface area contributed by atoms with E-state index in [-0.39, 0.29) is 23.6 Å². The number of aromatic hydroxyl groups is 1. The number of carbonyl (C=O) groups excluding carboxylic acids is 2. The Bertz CT molecular complexity index is 1490. The number of methoxy groups -OCH3 is 1. The van der Waals surface area contributed by atoms with Crippen LogP contribution in [0.4, 0.5) is 10.5 Å². The number of hydrogen-bond donors (Lipinski definition) is 3. The second-order valence-corrected chi connectivity index (χ2v) is 9.88. The molecule has 1 aromatic heterocycles. The average molecular weight is 525 g/mol. The topological polar surface area (TPSA) is 105 Å². The molecule has 39 heavy (non-hydrogen) atoms. The highest BCUT2D eigenvalue weighted by Gasteiger charge is 2.26. The molecule has 1 aliphatic carbocycles. The molecule has 0 saturated heterocycles. The monoisotopic (exact) mass is 524 g/mol. The number of para-hydroxylation sites is 1. The van der Waals surface area contributed by atoms with E-state index in [1.165, 1.54) is 17.9 Å². The van der Waals surface area contributed by atoms with Crippen molar-refractivity contribution in [2.24, 2.45) is 0 Å². The lowest BCUT2D eigenvalue weighted by molar-refractivity contribution is 0.102. The maximum Gasteiger partial charge on any atom is 0.342 e. The fraction of sp³-hybridized carbons (Fsp3) is 0.258. The summed E-state index contributed by atoms with van der Waals surface area (Å²) in [4.78, 5) is 26.0. The highest BCUT2D eigenvalue weighted by molar-refractivity contribution is 6.06. The summed E-state index contributed by atoms with van der Waals surface area (Å²) in [6, 6.07) is 21.4. The van der Waals surface area contributed by atoms with Crippen LogP contribution in [0.5, 0.6) is 11.5 Å². The number of anilines is 1. The van der Waals surface area contributed by atoms with Gasteiger partial charge in [0.05, 0.1) is 24.1 Å². The van der Waals surface area contributed by atoms with Gasteiger partial charge in [-0.1, -0.05) is 54.8 Å². The molecule has 0 bridgehead atoms. The molecule has 3 aromatic carbocycles. The molecule has 1 fully saturated rings. The third-order valence-electron chi connectivity index (χ3n) is 7.15. The second kappa shape index (κ2) is 11.4. The molecule has 8 heteroatoms. The lowest BCUT2D eigenvalue weighted by Gasteiger charge is -2.12. The molecule has 1 saturated carbocycles. The summed E-state index contributed by atoms with van der Waals surface area (Å²) in [5.74, 6) is 0.299. The Labute approximate surface area is 227 Å². The first kappa shape index (κ1) is 26.0. The number of hydrogen-bond acceptors (Lipinski definition) is 5. The van der Waals surface area contributed by atoms with E-state index in [1.807, 2.05) is 37.3 Å². The summed E-state index contributed by atoms with van der Waals surface area (Å²) in [6.07, 6.45) is 4.22. The molecule has 3 N–H and O–H groups in total. The number of carbonyl (C=O) groups is 2. The van der Waals surface area contributed by atoms with E-state index in [1.54, 1.807) is 36.4 Å². The minimum absolute atomic E-state index is 0.0458. The van der Waals surface area contributed by atoms with Crippen molar-refractivity contribution in [2.45, 2.75) is 45.1 Å². The van der Waals surface area contributed by atoms with Gasteiger partial charge < -0.3 is 20.5 Å². The van der Waals surface area contributed by atoms with Gasteiger partial charge in [-0.3, -0.25) is 4.79 Å². The molecular weight excluding hydrogens is 492 g/mol. The molecule has 200 valence electrons. The predicted octanol–water partition coefficient (Wildman–Crippen LogP) is 6.24. The molecular formula is C31H32N4O4. The van der Waals surface area contributed by atoms with Crippen LogP contribution in [0.2, 0.25) is 0 Å². The van der Waals surface area contributed by atoms with Gasteiger partial charge in [-0.25, -0.2) is 4.79 Å². The van der Waals surface area contributed by atoms with Crippen molar-refractivity contribution in [3.8, 4) is 22.8 Å². The van der Waals surface area contributed by atoms with E-state index in [0.29, 0.717) is 34.8 Å². The summed E-state index contributed by atoms with van der Waals surface area (Å²) in [7, 11) is 1.51. The van der Waals surface area contributed by atoms with Crippen molar-refractivity contribution < 1.29 is 19.4 Å². The summed E-state index contributed by atoms with van der Waals surface area (Å²) in [6.45, 7) is 2.42.